The molecular weight excluding hydrogens is 311 g/mol. The lowest BCUT2D eigenvalue weighted by atomic mass is 9.99. The van der Waals surface area contributed by atoms with E-state index in [1.807, 2.05) is 44.2 Å². The third-order valence-electron chi connectivity index (χ3n) is 3.96. The van der Waals surface area contributed by atoms with Crippen molar-refractivity contribution in [2.75, 3.05) is 0 Å². The van der Waals surface area contributed by atoms with Gasteiger partial charge in [0.05, 0.1) is 11.3 Å². The van der Waals surface area contributed by atoms with Crippen molar-refractivity contribution in [3.8, 4) is 22.4 Å². The van der Waals surface area contributed by atoms with Gasteiger partial charge in [0.1, 0.15) is 0 Å². The van der Waals surface area contributed by atoms with Crippen LogP contribution in [0, 0.1) is 13.8 Å². The minimum Gasteiger partial charge on any atom is -0.256 e. The topological polar surface area (TPSA) is 12.9 Å². The fourth-order valence-electron chi connectivity index (χ4n) is 2.60. The van der Waals surface area contributed by atoms with Crippen molar-refractivity contribution in [1.82, 2.24) is 4.98 Å². The molecule has 3 rings (SSSR count). The smallest absolute Gasteiger partial charge is 0.256 e. The molecule has 0 aliphatic rings. The van der Waals surface area contributed by atoms with Gasteiger partial charge in [0.2, 0.25) is 0 Å². The van der Waals surface area contributed by atoms with Gasteiger partial charge in [-0.15, -0.1) is 0 Å². The minimum atomic E-state index is -4.35. The molecule has 0 fully saturated rings. The molecule has 1 nitrogen and oxygen atoms in total. The Morgan fingerprint density at radius 1 is 0.833 bits per heavy atom. The van der Waals surface area contributed by atoms with E-state index in [1.54, 1.807) is 12.3 Å². The normalized spacial score (nSPS) is 11.5. The molecule has 2 aromatic carbocycles. The van der Waals surface area contributed by atoms with E-state index in [0.29, 0.717) is 11.1 Å². The maximum Gasteiger partial charge on any atom is 0.416 e. The predicted octanol–water partition coefficient (Wildman–Crippen LogP) is 6.05. The molecule has 1 aromatic heterocycles. The van der Waals surface area contributed by atoms with Crippen molar-refractivity contribution in [1.29, 1.82) is 0 Å². The standard InChI is InChI=1S/C20H16F3N/c1-13-6-8-15(9-7-13)19-10-14(2)18(12-24-19)16-4-3-5-17(11-16)20(21,22)23/h3-12H,1-2H3. The third-order valence-corrected chi connectivity index (χ3v) is 3.96. The number of alkyl halides is 3. The number of nitrogens with zero attached hydrogens (tertiary/aromatic N) is 1. The summed E-state index contributed by atoms with van der Waals surface area (Å²) in [6.07, 6.45) is -2.71. The quantitative estimate of drug-likeness (QED) is 0.558. The van der Waals surface area contributed by atoms with E-state index >= 15 is 0 Å². The van der Waals surface area contributed by atoms with Crippen LogP contribution in [0.1, 0.15) is 16.7 Å². The first-order valence-corrected chi connectivity index (χ1v) is 7.56. The number of aryl methyl sites for hydroxylation is 2. The second-order valence-corrected chi connectivity index (χ2v) is 5.83. The number of rotatable bonds is 2. The van der Waals surface area contributed by atoms with E-state index < -0.39 is 11.7 Å². The fourth-order valence-corrected chi connectivity index (χ4v) is 2.60. The second kappa shape index (κ2) is 6.11. The van der Waals surface area contributed by atoms with Crippen molar-refractivity contribution in [2.45, 2.75) is 20.0 Å². The molecule has 0 radical (unpaired) electrons. The van der Waals surface area contributed by atoms with Gasteiger partial charge in [-0.1, -0.05) is 42.0 Å². The molecule has 24 heavy (non-hydrogen) atoms. The maximum atomic E-state index is 12.9. The largest absolute Gasteiger partial charge is 0.416 e. The lowest BCUT2D eigenvalue weighted by Gasteiger charge is -2.11. The van der Waals surface area contributed by atoms with Crippen LogP contribution in [-0.4, -0.2) is 4.98 Å². The van der Waals surface area contributed by atoms with Gasteiger partial charge in [-0.25, -0.2) is 0 Å². The Hall–Kier alpha value is -2.62. The molecule has 0 aliphatic carbocycles. The molecule has 0 saturated carbocycles. The maximum absolute atomic E-state index is 12.9. The molecule has 122 valence electrons. The van der Waals surface area contributed by atoms with Crippen LogP contribution < -0.4 is 0 Å². The molecule has 0 atom stereocenters. The van der Waals surface area contributed by atoms with E-state index in [9.17, 15) is 13.2 Å². The van der Waals surface area contributed by atoms with Gasteiger partial charge in [0.15, 0.2) is 0 Å². The van der Waals surface area contributed by atoms with E-state index in [1.165, 1.54) is 6.07 Å². The summed E-state index contributed by atoms with van der Waals surface area (Å²) in [4.78, 5) is 4.43. The Morgan fingerprint density at radius 2 is 1.54 bits per heavy atom. The highest BCUT2D eigenvalue weighted by Gasteiger charge is 2.30. The van der Waals surface area contributed by atoms with Gasteiger partial charge in [-0.3, -0.25) is 4.98 Å². The molecule has 0 N–H and O–H groups in total. The second-order valence-electron chi connectivity index (χ2n) is 5.83. The number of aromatic nitrogens is 1. The van der Waals surface area contributed by atoms with Gasteiger partial charge in [0.25, 0.3) is 0 Å². The Balaban J connectivity index is 2.00. The molecule has 4 heteroatoms. The van der Waals surface area contributed by atoms with Crippen LogP contribution in [-0.2, 0) is 6.18 Å². The number of benzene rings is 2. The van der Waals surface area contributed by atoms with Crippen LogP contribution in [0.4, 0.5) is 13.2 Å². The number of hydrogen-bond donors (Lipinski definition) is 0. The van der Waals surface area contributed by atoms with Crippen molar-refractivity contribution < 1.29 is 13.2 Å². The highest BCUT2D eigenvalue weighted by Crippen LogP contribution is 2.33. The Bertz CT molecular complexity index is 865. The van der Waals surface area contributed by atoms with Crippen molar-refractivity contribution in [3.63, 3.8) is 0 Å². The average Bonchev–Trinajstić information content (AvgIpc) is 2.55. The summed E-state index contributed by atoms with van der Waals surface area (Å²) in [5.41, 5.74) is 4.42. The molecule has 0 aliphatic heterocycles. The number of hydrogen-bond acceptors (Lipinski definition) is 1. The van der Waals surface area contributed by atoms with Gasteiger partial charge < -0.3 is 0 Å². The molecule has 0 bridgehead atoms. The molecule has 0 amide bonds. The summed E-state index contributed by atoms with van der Waals surface area (Å²) < 4.78 is 38.7. The first-order chi connectivity index (χ1) is 11.3. The van der Waals surface area contributed by atoms with Crippen molar-refractivity contribution >= 4 is 0 Å². The van der Waals surface area contributed by atoms with Crippen molar-refractivity contribution in [2.24, 2.45) is 0 Å². The van der Waals surface area contributed by atoms with Gasteiger partial charge in [-0.2, -0.15) is 13.2 Å². The molecule has 0 unspecified atom stereocenters. The first kappa shape index (κ1) is 16.2. The van der Waals surface area contributed by atoms with Gasteiger partial charge in [-0.05, 0) is 43.2 Å². The summed E-state index contributed by atoms with van der Waals surface area (Å²) in [5.74, 6) is 0. The Labute approximate surface area is 138 Å². The predicted molar refractivity (Wildman–Crippen MR) is 89.6 cm³/mol. The fraction of sp³-hybridized carbons (Fsp3) is 0.150. The first-order valence-electron chi connectivity index (χ1n) is 7.56. The summed E-state index contributed by atoms with van der Waals surface area (Å²) in [7, 11) is 0. The lowest BCUT2D eigenvalue weighted by Crippen LogP contribution is -2.04. The minimum absolute atomic E-state index is 0.519. The third kappa shape index (κ3) is 3.32. The van der Waals surface area contributed by atoms with Crippen LogP contribution in [0.25, 0.3) is 22.4 Å². The summed E-state index contributed by atoms with van der Waals surface area (Å²) in [6, 6.07) is 15.2. The zero-order valence-electron chi connectivity index (χ0n) is 13.4. The van der Waals surface area contributed by atoms with E-state index in [-0.39, 0.29) is 0 Å². The zero-order chi connectivity index (χ0) is 17.3. The van der Waals surface area contributed by atoms with Crippen LogP contribution in [0.2, 0.25) is 0 Å². The summed E-state index contributed by atoms with van der Waals surface area (Å²) in [5, 5.41) is 0. The van der Waals surface area contributed by atoms with Gasteiger partial charge in [0, 0.05) is 17.3 Å². The van der Waals surface area contributed by atoms with E-state index in [2.05, 4.69) is 4.98 Å². The number of halogens is 3. The highest BCUT2D eigenvalue weighted by molar-refractivity contribution is 5.71. The van der Waals surface area contributed by atoms with Crippen LogP contribution in [0.15, 0.2) is 60.8 Å². The average molecular weight is 327 g/mol. The summed E-state index contributed by atoms with van der Waals surface area (Å²) >= 11 is 0. The Kier molecular flexibility index (Phi) is 4.14. The Morgan fingerprint density at radius 3 is 2.17 bits per heavy atom. The molecule has 3 aromatic rings. The van der Waals surface area contributed by atoms with Gasteiger partial charge >= 0.3 is 6.18 Å². The lowest BCUT2D eigenvalue weighted by molar-refractivity contribution is -0.137. The number of pyridine rings is 1. The van der Waals surface area contributed by atoms with Crippen LogP contribution in [0.5, 0.6) is 0 Å². The molecule has 0 spiro atoms. The SMILES string of the molecule is Cc1ccc(-c2cc(C)c(-c3cccc(C(F)(F)F)c3)cn2)cc1. The van der Waals surface area contributed by atoms with E-state index in [0.717, 1.165) is 34.5 Å². The highest BCUT2D eigenvalue weighted by atomic mass is 19.4. The monoisotopic (exact) mass is 327 g/mol. The summed E-state index contributed by atoms with van der Waals surface area (Å²) in [6.45, 7) is 3.90. The molecule has 1 heterocycles. The van der Waals surface area contributed by atoms with Crippen LogP contribution >= 0.6 is 0 Å². The molecular formula is C20H16F3N. The molecule has 0 saturated heterocycles. The zero-order valence-corrected chi connectivity index (χ0v) is 13.4. The van der Waals surface area contributed by atoms with E-state index in [4.69, 9.17) is 0 Å². The van der Waals surface area contributed by atoms with Crippen molar-refractivity contribution in [3.05, 3.63) is 77.5 Å². The van der Waals surface area contributed by atoms with Crippen LogP contribution in [0.3, 0.4) is 0 Å².